The van der Waals surface area contributed by atoms with Crippen molar-refractivity contribution in [3.05, 3.63) is 65.2 Å². The van der Waals surface area contributed by atoms with Crippen LogP contribution < -0.4 is 5.32 Å². The van der Waals surface area contributed by atoms with Crippen LogP contribution >= 0.6 is 0 Å². The lowest BCUT2D eigenvalue weighted by Crippen LogP contribution is -2.52. The average Bonchev–Trinajstić information content (AvgIpc) is 3.12. The molecule has 1 atom stereocenters. The van der Waals surface area contributed by atoms with E-state index < -0.39 is 22.1 Å². The first-order chi connectivity index (χ1) is 16.4. The molecule has 0 bridgehead atoms. The molecule has 2 aromatic rings. The number of piperazine rings is 1. The van der Waals surface area contributed by atoms with Gasteiger partial charge in [-0.1, -0.05) is 36.4 Å². The van der Waals surface area contributed by atoms with Crippen molar-refractivity contribution in [2.75, 3.05) is 32.8 Å². The van der Waals surface area contributed by atoms with Gasteiger partial charge in [-0.05, 0) is 54.5 Å². The number of hydrogen-bond acceptors (Lipinski definition) is 5. The second kappa shape index (κ2) is 9.48. The van der Waals surface area contributed by atoms with Crippen LogP contribution in [0.1, 0.15) is 29.5 Å². The molecule has 34 heavy (non-hydrogen) atoms. The van der Waals surface area contributed by atoms with Gasteiger partial charge in [0.1, 0.15) is 6.04 Å². The number of nitrogens with one attached hydrogen (secondary N) is 1. The van der Waals surface area contributed by atoms with Gasteiger partial charge >= 0.3 is 6.03 Å². The number of aryl methyl sites for hydroxylation is 2. The number of sulfonamides is 1. The molecule has 0 radical (unpaired) electrons. The summed E-state index contributed by atoms with van der Waals surface area (Å²) in [5.41, 5.74) is 3.40. The molecule has 9 heteroatoms. The van der Waals surface area contributed by atoms with Crippen LogP contribution in [0.5, 0.6) is 0 Å². The monoisotopic (exact) mass is 482 g/mol. The third-order valence-electron chi connectivity index (χ3n) is 7.02. The van der Waals surface area contributed by atoms with Crippen LogP contribution in [0.3, 0.4) is 0 Å². The summed E-state index contributed by atoms with van der Waals surface area (Å²) in [6, 6.07) is 14.2. The van der Waals surface area contributed by atoms with Crippen molar-refractivity contribution in [2.24, 2.45) is 0 Å². The van der Waals surface area contributed by atoms with Gasteiger partial charge < -0.3 is 5.32 Å². The Kier molecular flexibility index (Phi) is 6.42. The minimum absolute atomic E-state index is 0.169. The van der Waals surface area contributed by atoms with Crippen molar-refractivity contribution in [3.63, 3.8) is 0 Å². The number of nitrogens with zero attached hydrogens (tertiary/aromatic N) is 3. The summed E-state index contributed by atoms with van der Waals surface area (Å²) >= 11 is 0. The van der Waals surface area contributed by atoms with Crippen molar-refractivity contribution in [3.8, 4) is 0 Å². The molecule has 1 unspecified atom stereocenters. The van der Waals surface area contributed by atoms with Gasteiger partial charge in [0.05, 0.1) is 11.6 Å². The van der Waals surface area contributed by atoms with Crippen molar-refractivity contribution in [1.29, 1.82) is 0 Å². The van der Waals surface area contributed by atoms with E-state index >= 15 is 0 Å². The van der Waals surface area contributed by atoms with E-state index in [4.69, 9.17) is 0 Å². The summed E-state index contributed by atoms with van der Waals surface area (Å²) in [5.74, 6) is -0.238. The normalized spacial score (nSPS) is 22.0. The predicted molar refractivity (Wildman–Crippen MR) is 128 cm³/mol. The van der Waals surface area contributed by atoms with E-state index in [1.165, 1.54) is 14.8 Å². The summed E-state index contributed by atoms with van der Waals surface area (Å²) in [4.78, 5) is 28.8. The van der Waals surface area contributed by atoms with E-state index in [0.29, 0.717) is 37.5 Å². The van der Waals surface area contributed by atoms with Crippen LogP contribution in [0.15, 0.2) is 53.4 Å². The van der Waals surface area contributed by atoms with Gasteiger partial charge in [-0.3, -0.25) is 9.69 Å². The summed E-state index contributed by atoms with van der Waals surface area (Å²) in [6.45, 7) is 1.75. The van der Waals surface area contributed by atoms with Gasteiger partial charge in [0.15, 0.2) is 0 Å². The minimum atomic E-state index is -3.56. The molecule has 2 aromatic carbocycles. The van der Waals surface area contributed by atoms with E-state index in [1.807, 2.05) is 47.4 Å². The van der Waals surface area contributed by atoms with E-state index in [9.17, 15) is 18.0 Å². The molecule has 2 saturated heterocycles. The molecule has 0 aromatic heterocycles. The largest absolute Gasteiger partial charge is 0.325 e. The first kappa shape index (κ1) is 23.0. The summed E-state index contributed by atoms with van der Waals surface area (Å²) in [5, 5.41) is 2.78. The smallest absolute Gasteiger partial charge is 0.325 e. The zero-order valence-corrected chi connectivity index (χ0v) is 20.0. The van der Waals surface area contributed by atoms with E-state index in [-0.39, 0.29) is 12.6 Å². The number of amides is 3. The van der Waals surface area contributed by atoms with Crippen LogP contribution in [0.2, 0.25) is 0 Å². The van der Waals surface area contributed by atoms with Gasteiger partial charge in [0, 0.05) is 32.6 Å². The highest BCUT2D eigenvalue weighted by molar-refractivity contribution is 7.89. The number of fused-ring (bicyclic) bond motifs is 1. The third kappa shape index (κ3) is 4.60. The predicted octanol–water partition coefficient (Wildman–Crippen LogP) is 1.99. The standard InChI is InChI=1S/C25H30N4O4S/c30-24-23(16-19-6-2-1-3-7-19)26-25(31)29(24)18-27-12-14-28(15-13-27)34(32,33)22-11-10-20-8-4-5-9-21(20)17-22/h1-3,6-7,10-11,17,23H,4-5,8-9,12-16,18H2,(H,26,31). The summed E-state index contributed by atoms with van der Waals surface area (Å²) < 4.78 is 28.0. The first-order valence-corrected chi connectivity index (χ1v) is 13.4. The topological polar surface area (TPSA) is 90.0 Å². The Morgan fingerprint density at radius 2 is 1.59 bits per heavy atom. The number of benzene rings is 2. The zero-order valence-electron chi connectivity index (χ0n) is 19.2. The Hall–Kier alpha value is -2.75. The molecule has 3 aliphatic rings. The van der Waals surface area contributed by atoms with Gasteiger partial charge in [0.25, 0.3) is 5.91 Å². The maximum Gasteiger partial charge on any atom is 0.325 e. The molecule has 3 amide bonds. The lowest BCUT2D eigenvalue weighted by atomic mass is 9.92. The SMILES string of the molecule is O=C1NC(Cc2ccccc2)C(=O)N1CN1CCN(S(=O)(=O)c2ccc3c(c2)CCCC3)CC1. The molecule has 8 nitrogen and oxygen atoms in total. The lowest BCUT2D eigenvalue weighted by Gasteiger charge is -2.35. The molecular weight excluding hydrogens is 452 g/mol. The third-order valence-corrected chi connectivity index (χ3v) is 8.91. The van der Waals surface area contributed by atoms with Crippen molar-refractivity contribution < 1.29 is 18.0 Å². The van der Waals surface area contributed by atoms with Crippen molar-refractivity contribution in [1.82, 2.24) is 19.4 Å². The van der Waals surface area contributed by atoms with Crippen LogP contribution in [0.4, 0.5) is 4.79 Å². The number of urea groups is 1. The number of imide groups is 1. The number of carbonyl (C=O) groups is 2. The van der Waals surface area contributed by atoms with Crippen LogP contribution in [0.25, 0.3) is 0 Å². The molecule has 1 N–H and O–H groups in total. The van der Waals surface area contributed by atoms with E-state index in [2.05, 4.69) is 5.32 Å². The Labute approximate surface area is 200 Å². The van der Waals surface area contributed by atoms with Crippen molar-refractivity contribution in [2.45, 2.75) is 43.0 Å². The fraction of sp³-hybridized carbons (Fsp3) is 0.440. The highest BCUT2D eigenvalue weighted by atomic mass is 32.2. The lowest BCUT2D eigenvalue weighted by molar-refractivity contribution is -0.129. The maximum atomic E-state index is 13.2. The second-order valence-electron chi connectivity index (χ2n) is 9.26. The molecule has 0 saturated carbocycles. The van der Waals surface area contributed by atoms with Crippen molar-refractivity contribution >= 4 is 22.0 Å². The Balaban J connectivity index is 1.18. The van der Waals surface area contributed by atoms with Gasteiger partial charge in [0.2, 0.25) is 10.0 Å². The zero-order chi connectivity index (χ0) is 23.7. The molecule has 0 spiro atoms. The molecule has 5 rings (SSSR count). The number of rotatable bonds is 6. The molecule has 1 aliphatic carbocycles. The first-order valence-electron chi connectivity index (χ1n) is 11.9. The summed E-state index contributed by atoms with van der Waals surface area (Å²) in [7, 11) is -3.56. The van der Waals surface area contributed by atoms with Crippen LogP contribution in [-0.2, 0) is 34.1 Å². The Bertz CT molecular complexity index is 1180. The second-order valence-corrected chi connectivity index (χ2v) is 11.2. The molecular formula is C25H30N4O4S. The molecule has 2 aliphatic heterocycles. The maximum absolute atomic E-state index is 13.2. The van der Waals surface area contributed by atoms with Gasteiger partial charge in [-0.15, -0.1) is 0 Å². The fourth-order valence-corrected chi connectivity index (χ4v) is 6.50. The fourth-order valence-electron chi connectivity index (χ4n) is 5.03. The number of hydrogen-bond donors (Lipinski definition) is 1. The highest BCUT2D eigenvalue weighted by Crippen LogP contribution is 2.26. The van der Waals surface area contributed by atoms with Crippen LogP contribution in [-0.4, -0.2) is 73.4 Å². The number of carbonyl (C=O) groups excluding carboxylic acids is 2. The Morgan fingerprint density at radius 3 is 2.32 bits per heavy atom. The van der Waals surface area contributed by atoms with E-state index in [0.717, 1.165) is 36.8 Å². The Morgan fingerprint density at radius 1 is 0.882 bits per heavy atom. The average molecular weight is 483 g/mol. The minimum Gasteiger partial charge on any atom is -0.325 e. The highest BCUT2D eigenvalue weighted by Gasteiger charge is 2.39. The molecule has 2 heterocycles. The summed E-state index contributed by atoms with van der Waals surface area (Å²) in [6.07, 6.45) is 4.66. The molecule has 2 fully saturated rings. The van der Waals surface area contributed by atoms with Crippen LogP contribution in [0, 0.1) is 0 Å². The van der Waals surface area contributed by atoms with Gasteiger partial charge in [-0.25, -0.2) is 18.1 Å². The van der Waals surface area contributed by atoms with E-state index in [1.54, 1.807) is 6.07 Å². The molecule has 180 valence electrons. The van der Waals surface area contributed by atoms with Gasteiger partial charge in [-0.2, -0.15) is 4.31 Å². The quantitative estimate of drug-likeness (QED) is 0.636.